The maximum Gasteiger partial charge on any atom is 0.339 e. The molecule has 0 saturated carbocycles. The summed E-state index contributed by atoms with van der Waals surface area (Å²) in [6.45, 7) is 0.276. The summed E-state index contributed by atoms with van der Waals surface area (Å²) < 4.78 is 5.49. The Hall–Kier alpha value is -3.07. The third-order valence-electron chi connectivity index (χ3n) is 3.96. The average molecular weight is 301 g/mol. The number of hydrogen-bond donors (Lipinski definition) is 1. The van der Waals surface area contributed by atoms with Crippen molar-refractivity contribution in [2.75, 3.05) is 0 Å². The molecule has 0 bridgehead atoms. The van der Waals surface area contributed by atoms with Crippen LogP contribution in [0.3, 0.4) is 0 Å². The topological polar surface area (TPSA) is 42.1 Å². The maximum atomic E-state index is 12.5. The van der Waals surface area contributed by atoms with Crippen molar-refractivity contribution >= 4 is 27.8 Å². The molecule has 3 heteroatoms. The van der Waals surface area contributed by atoms with Gasteiger partial charge in [0.2, 0.25) is 0 Å². The predicted molar refractivity (Wildman–Crippen MR) is 91.4 cm³/mol. The molecule has 0 radical (unpaired) electrons. The molecule has 23 heavy (non-hydrogen) atoms. The number of fused-ring (bicyclic) bond motifs is 3. The van der Waals surface area contributed by atoms with Crippen LogP contribution < -0.4 is 0 Å². The number of aromatic nitrogens is 1. The quantitative estimate of drug-likeness (QED) is 0.558. The molecule has 0 fully saturated rings. The fourth-order valence-corrected chi connectivity index (χ4v) is 2.87. The van der Waals surface area contributed by atoms with Crippen LogP contribution in [0.25, 0.3) is 21.8 Å². The Labute approximate surface area is 133 Å². The monoisotopic (exact) mass is 301 g/mol. The second-order valence-electron chi connectivity index (χ2n) is 5.46. The summed E-state index contributed by atoms with van der Waals surface area (Å²) in [5.41, 5.74) is 3.54. The van der Waals surface area contributed by atoms with Crippen LogP contribution in [-0.2, 0) is 11.3 Å². The summed E-state index contributed by atoms with van der Waals surface area (Å²) in [5.74, 6) is -0.302. The first-order valence-electron chi connectivity index (χ1n) is 7.53. The molecule has 0 aliphatic carbocycles. The first-order chi connectivity index (χ1) is 11.3. The normalized spacial score (nSPS) is 11.0. The summed E-state index contributed by atoms with van der Waals surface area (Å²) in [6.07, 6.45) is 0. The van der Waals surface area contributed by atoms with Crippen molar-refractivity contribution in [1.82, 2.24) is 4.98 Å². The van der Waals surface area contributed by atoms with Gasteiger partial charge >= 0.3 is 5.97 Å². The number of para-hydroxylation sites is 1. The summed E-state index contributed by atoms with van der Waals surface area (Å²) >= 11 is 0. The minimum atomic E-state index is -0.302. The minimum absolute atomic E-state index is 0.276. The smallest absolute Gasteiger partial charge is 0.339 e. The zero-order chi connectivity index (χ0) is 15.6. The van der Waals surface area contributed by atoms with Gasteiger partial charge < -0.3 is 9.72 Å². The van der Waals surface area contributed by atoms with E-state index >= 15 is 0 Å². The lowest BCUT2D eigenvalue weighted by atomic mass is 10.1. The molecule has 3 nitrogen and oxygen atoms in total. The van der Waals surface area contributed by atoms with Crippen LogP contribution in [0.2, 0.25) is 0 Å². The molecular weight excluding hydrogens is 286 g/mol. The molecule has 0 spiro atoms. The van der Waals surface area contributed by atoms with Crippen molar-refractivity contribution < 1.29 is 9.53 Å². The van der Waals surface area contributed by atoms with E-state index in [-0.39, 0.29) is 12.6 Å². The lowest BCUT2D eigenvalue weighted by Gasteiger charge is -2.06. The molecule has 1 aromatic heterocycles. The van der Waals surface area contributed by atoms with E-state index in [4.69, 9.17) is 4.74 Å². The number of aromatic amines is 1. The second kappa shape index (κ2) is 5.61. The molecule has 4 rings (SSSR count). The fourth-order valence-electron chi connectivity index (χ4n) is 2.87. The molecule has 1 N–H and O–H groups in total. The molecule has 112 valence electrons. The lowest BCUT2D eigenvalue weighted by Crippen LogP contribution is -2.05. The number of esters is 1. The Morgan fingerprint density at radius 3 is 2.43 bits per heavy atom. The zero-order valence-corrected chi connectivity index (χ0v) is 12.5. The lowest BCUT2D eigenvalue weighted by molar-refractivity contribution is 0.0475. The molecule has 0 aliphatic heterocycles. The Balaban J connectivity index is 1.72. The van der Waals surface area contributed by atoms with Crippen molar-refractivity contribution in [3.05, 3.63) is 83.9 Å². The molecule has 0 unspecified atom stereocenters. The van der Waals surface area contributed by atoms with Crippen LogP contribution in [0.1, 0.15) is 15.9 Å². The van der Waals surface area contributed by atoms with Gasteiger partial charge in [-0.1, -0.05) is 54.6 Å². The van der Waals surface area contributed by atoms with E-state index in [9.17, 15) is 4.79 Å². The molecule has 0 aliphatic rings. The van der Waals surface area contributed by atoms with Crippen molar-refractivity contribution in [3.63, 3.8) is 0 Å². The van der Waals surface area contributed by atoms with E-state index in [1.165, 1.54) is 0 Å². The predicted octanol–water partition coefficient (Wildman–Crippen LogP) is 4.68. The minimum Gasteiger partial charge on any atom is -0.457 e. The second-order valence-corrected chi connectivity index (χ2v) is 5.46. The zero-order valence-electron chi connectivity index (χ0n) is 12.5. The van der Waals surface area contributed by atoms with Crippen LogP contribution >= 0.6 is 0 Å². The first-order valence-corrected chi connectivity index (χ1v) is 7.53. The average Bonchev–Trinajstić information content (AvgIpc) is 2.99. The van der Waals surface area contributed by atoms with E-state index in [0.29, 0.717) is 5.56 Å². The van der Waals surface area contributed by atoms with E-state index in [1.807, 2.05) is 72.8 Å². The van der Waals surface area contributed by atoms with Crippen molar-refractivity contribution in [2.45, 2.75) is 6.61 Å². The van der Waals surface area contributed by atoms with Gasteiger partial charge in [0, 0.05) is 21.8 Å². The molecule has 0 saturated heterocycles. The highest BCUT2D eigenvalue weighted by Gasteiger charge is 2.15. The largest absolute Gasteiger partial charge is 0.457 e. The van der Waals surface area contributed by atoms with Crippen molar-refractivity contribution in [2.24, 2.45) is 0 Å². The Bertz CT molecular complexity index is 986. The van der Waals surface area contributed by atoms with Gasteiger partial charge in [0.25, 0.3) is 0 Å². The van der Waals surface area contributed by atoms with Gasteiger partial charge in [-0.15, -0.1) is 0 Å². The summed E-state index contributed by atoms with van der Waals surface area (Å²) in [6, 6.07) is 23.3. The number of H-pyrrole nitrogens is 1. The number of carbonyl (C=O) groups excluding carboxylic acids is 1. The number of carbonyl (C=O) groups is 1. The highest BCUT2D eigenvalue weighted by molar-refractivity contribution is 6.16. The van der Waals surface area contributed by atoms with Crippen LogP contribution in [0.5, 0.6) is 0 Å². The molecular formula is C20H15NO2. The van der Waals surface area contributed by atoms with E-state index in [0.717, 1.165) is 27.4 Å². The molecule has 3 aromatic carbocycles. The van der Waals surface area contributed by atoms with Crippen LogP contribution in [-0.4, -0.2) is 11.0 Å². The summed E-state index contributed by atoms with van der Waals surface area (Å²) in [5, 5.41) is 1.95. The van der Waals surface area contributed by atoms with Crippen LogP contribution in [0.4, 0.5) is 0 Å². The standard InChI is InChI=1S/C20H15NO2/c22-20(23-13-14-7-2-1-3-8-14)16-10-6-12-18-19(16)15-9-4-5-11-17(15)21-18/h1-12,21H,13H2. The third-order valence-corrected chi connectivity index (χ3v) is 3.96. The van der Waals surface area contributed by atoms with Gasteiger partial charge in [0.15, 0.2) is 0 Å². The highest BCUT2D eigenvalue weighted by Crippen LogP contribution is 2.28. The number of ether oxygens (including phenoxy) is 1. The van der Waals surface area contributed by atoms with Gasteiger partial charge in [0.1, 0.15) is 6.61 Å². The number of nitrogens with one attached hydrogen (secondary N) is 1. The van der Waals surface area contributed by atoms with Crippen LogP contribution in [0, 0.1) is 0 Å². The Kier molecular flexibility index (Phi) is 3.31. The number of benzene rings is 3. The van der Waals surface area contributed by atoms with Crippen molar-refractivity contribution in [1.29, 1.82) is 0 Å². The first kappa shape index (κ1) is 13.6. The van der Waals surface area contributed by atoms with Gasteiger partial charge in [-0.05, 0) is 23.8 Å². The molecule has 0 amide bonds. The summed E-state index contributed by atoms with van der Waals surface area (Å²) in [7, 11) is 0. The SMILES string of the molecule is O=C(OCc1ccccc1)c1cccc2[nH]c3ccccc3c12. The van der Waals surface area contributed by atoms with Gasteiger partial charge in [-0.25, -0.2) is 4.79 Å². The van der Waals surface area contributed by atoms with E-state index < -0.39 is 0 Å². The van der Waals surface area contributed by atoms with Gasteiger partial charge in [-0.2, -0.15) is 0 Å². The fraction of sp³-hybridized carbons (Fsp3) is 0.0500. The van der Waals surface area contributed by atoms with Crippen LogP contribution in [0.15, 0.2) is 72.8 Å². The Morgan fingerprint density at radius 2 is 1.57 bits per heavy atom. The number of rotatable bonds is 3. The summed E-state index contributed by atoms with van der Waals surface area (Å²) in [4.78, 5) is 15.9. The van der Waals surface area contributed by atoms with E-state index in [1.54, 1.807) is 0 Å². The molecule has 1 heterocycles. The molecule has 0 atom stereocenters. The molecule has 4 aromatic rings. The van der Waals surface area contributed by atoms with Gasteiger partial charge in [-0.3, -0.25) is 0 Å². The number of hydrogen-bond acceptors (Lipinski definition) is 2. The Morgan fingerprint density at radius 1 is 0.826 bits per heavy atom. The maximum absolute atomic E-state index is 12.5. The highest BCUT2D eigenvalue weighted by atomic mass is 16.5. The van der Waals surface area contributed by atoms with Gasteiger partial charge in [0.05, 0.1) is 5.56 Å². The third kappa shape index (κ3) is 2.46. The van der Waals surface area contributed by atoms with Crippen molar-refractivity contribution in [3.8, 4) is 0 Å². The van der Waals surface area contributed by atoms with E-state index in [2.05, 4.69) is 4.98 Å².